The molecule has 0 saturated heterocycles. The number of ketones is 3. The van der Waals surface area contributed by atoms with E-state index in [1.807, 2.05) is 148 Å². The second-order valence-electron chi connectivity index (χ2n) is 21.7. The summed E-state index contributed by atoms with van der Waals surface area (Å²) in [4.78, 5) is 97.0. The van der Waals surface area contributed by atoms with Gasteiger partial charge in [-0.1, -0.05) is 165 Å². The number of Topliss-reactive ketones (excluding diaryl/α,β-unsaturated/α-hetero) is 3. The van der Waals surface area contributed by atoms with Gasteiger partial charge in [-0.25, -0.2) is 34.3 Å². The number of hydrogen-bond acceptors (Lipinski definition) is 22. The van der Waals surface area contributed by atoms with Crippen molar-refractivity contribution in [1.29, 1.82) is 0 Å². The third-order valence-electron chi connectivity index (χ3n) is 13.0. The number of aliphatic hydroxyl groups excluding tert-OH is 4. The van der Waals surface area contributed by atoms with Crippen LogP contribution in [0.2, 0.25) is 0 Å². The number of nitrogen functional groups attached to an aromatic ring is 1. The minimum absolute atomic E-state index is 0.0338. The van der Waals surface area contributed by atoms with E-state index in [2.05, 4.69) is 25.3 Å². The summed E-state index contributed by atoms with van der Waals surface area (Å²) in [7, 11) is 0. The molecule has 0 radical (unpaired) electrons. The molecule has 4 aromatic heterocycles. The van der Waals surface area contributed by atoms with Gasteiger partial charge in [0.1, 0.15) is 32.4 Å². The van der Waals surface area contributed by atoms with Gasteiger partial charge in [0.2, 0.25) is 0 Å². The van der Waals surface area contributed by atoms with Crippen molar-refractivity contribution in [2.75, 3.05) is 32.2 Å². The number of amides is 2. The van der Waals surface area contributed by atoms with Crippen LogP contribution in [0.5, 0.6) is 0 Å². The molecular formula is C71H76N8O14S4. The van der Waals surface area contributed by atoms with E-state index < -0.39 is 55.0 Å². The molecule has 0 spiro atoms. The van der Waals surface area contributed by atoms with Crippen LogP contribution in [0.3, 0.4) is 0 Å². The number of carboxylic acid groups (broad SMARTS) is 2. The lowest BCUT2D eigenvalue weighted by Crippen LogP contribution is -2.45. The molecule has 0 aliphatic heterocycles. The molecule has 10 rings (SSSR count). The Kier molecular flexibility index (Phi) is 33.0. The van der Waals surface area contributed by atoms with Crippen molar-refractivity contribution in [2.45, 2.75) is 70.7 Å². The molecule has 0 bridgehead atoms. The van der Waals surface area contributed by atoms with Crippen molar-refractivity contribution < 1.29 is 68.9 Å². The Bertz CT molecular complexity index is 3910. The number of thiazole rings is 4. The van der Waals surface area contributed by atoms with Crippen LogP contribution in [0, 0.1) is 5.92 Å². The number of nitrogens with zero attached hydrogens (tertiary/aromatic N) is 4. The van der Waals surface area contributed by atoms with E-state index in [1.165, 1.54) is 45.3 Å². The van der Waals surface area contributed by atoms with Crippen molar-refractivity contribution in [3.63, 3.8) is 0 Å². The summed E-state index contributed by atoms with van der Waals surface area (Å²) in [5.41, 5.74) is 18.8. The molecule has 508 valence electrons. The molecule has 12 N–H and O–H groups in total. The first-order valence-corrected chi connectivity index (χ1v) is 33.4. The lowest BCUT2D eigenvalue weighted by Gasteiger charge is -2.21. The first kappa shape index (κ1) is 77.8. The van der Waals surface area contributed by atoms with Crippen LogP contribution in [-0.2, 0) is 43.2 Å². The number of aromatic carboxylic acids is 1. The molecule has 0 unspecified atom stereocenters. The maximum Gasteiger partial charge on any atom is 0.408 e. The molecule has 0 aliphatic rings. The van der Waals surface area contributed by atoms with Crippen LogP contribution in [-0.4, -0.2) is 142 Å². The Morgan fingerprint density at radius 3 is 1.12 bits per heavy atom. The fourth-order valence-corrected chi connectivity index (χ4v) is 10.8. The molecule has 10 aromatic rings. The standard InChI is InChI=1S/C20H18N2O3S.C14H15NO2S.C13H14N2O2S.C9H8N2S.C8H15NO5.C7H6O2/c23-12-16(22-20(25)15-9-5-2-6-10-15)18(24)11-19-21-17(13-26-19)14-7-3-1-4-8-14;1-10(8-16)13(17)7-14-15-12(9-18-14)11-5-3-2-4-6-11;14-10(7-16)12(17)6-13-15-11(8-18-13)9-4-2-1-3-5-9;10-9-11-8(6-12-9)7-4-2-1-3-5-7;1-8(2,3)14-7(13)9-5(4-10)6(11)12;8-7(9)6-4-2-1-3-5-6/h1-10,13,16,23H,11-12H2,(H,22,25);2-6,9-10,16H,7-8H2,1H3;1-5,8,10,16H,6-7,14H2;1-6H,(H2,10,11);5,10H,4H2,1-3H3,(H,9,13)(H,11,12);1-5H,(H,8,9)/t16-;2*10-;;5-;/m000.0./s1. The van der Waals surface area contributed by atoms with E-state index in [0.29, 0.717) is 27.7 Å². The average molecular weight is 1390 g/mol. The number of alkyl carbamates (subject to hydrolysis) is 1. The molecule has 0 aliphatic carbocycles. The first-order chi connectivity index (χ1) is 46.5. The highest BCUT2D eigenvalue weighted by Crippen LogP contribution is 2.26. The summed E-state index contributed by atoms with van der Waals surface area (Å²) in [5.74, 6) is -3.31. The zero-order chi connectivity index (χ0) is 70.7. The summed E-state index contributed by atoms with van der Waals surface area (Å²) in [5, 5.41) is 67.8. The quantitative estimate of drug-likeness (QED) is 0.0301. The number of hydrogen-bond donors (Lipinski definition) is 10. The van der Waals surface area contributed by atoms with Crippen molar-refractivity contribution in [1.82, 2.24) is 30.6 Å². The minimum atomic E-state index is -1.33. The van der Waals surface area contributed by atoms with Gasteiger partial charge >= 0.3 is 18.0 Å². The van der Waals surface area contributed by atoms with Crippen LogP contribution in [0.25, 0.3) is 45.0 Å². The number of carboxylic acids is 2. The van der Waals surface area contributed by atoms with E-state index in [4.69, 9.17) is 41.7 Å². The molecule has 0 saturated carbocycles. The maximum atomic E-state index is 12.4. The summed E-state index contributed by atoms with van der Waals surface area (Å²) in [6.07, 6.45) is -0.310. The number of benzene rings is 6. The number of rotatable bonds is 22. The van der Waals surface area contributed by atoms with E-state index in [1.54, 1.807) is 88.4 Å². The van der Waals surface area contributed by atoms with E-state index >= 15 is 0 Å². The molecule has 6 aromatic carbocycles. The highest BCUT2D eigenvalue weighted by molar-refractivity contribution is 7.13. The van der Waals surface area contributed by atoms with Crippen molar-refractivity contribution in [2.24, 2.45) is 11.7 Å². The number of anilines is 1. The van der Waals surface area contributed by atoms with Crippen LogP contribution in [0.1, 0.15) is 63.4 Å². The van der Waals surface area contributed by atoms with Gasteiger partial charge in [-0.3, -0.25) is 19.2 Å². The molecule has 26 heteroatoms. The van der Waals surface area contributed by atoms with Gasteiger partial charge in [0.25, 0.3) is 5.91 Å². The fraction of sp³-hybridized carbons (Fsp3) is 0.225. The van der Waals surface area contributed by atoms with Crippen molar-refractivity contribution in [3.05, 3.63) is 230 Å². The van der Waals surface area contributed by atoms with Gasteiger partial charge < -0.3 is 57.5 Å². The van der Waals surface area contributed by atoms with E-state index in [0.717, 1.165) is 55.0 Å². The second-order valence-corrected chi connectivity index (χ2v) is 25.4. The topological polar surface area (TPSA) is 378 Å². The van der Waals surface area contributed by atoms with Gasteiger partial charge in [0.05, 0.1) is 80.1 Å². The molecule has 22 nitrogen and oxygen atoms in total. The monoisotopic (exact) mass is 1390 g/mol. The molecule has 4 heterocycles. The summed E-state index contributed by atoms with van der Waals surface area (Å²) in [6.45, 7) is 5.15. The van der Waals surface area contributed by atoms with Crippen LogP contribution >= 0.6 is 45.3 Å². The fourth-order valence-electron chi connectivity index (χ4n) is 7.78. The largest absolute Gasteiger partial charge is 0.480 e. The third kappa shape index (κ3) is 28.2. The predicted molar refractivity (Wildman–Crippen MR) is 378 cm³/mol. The van der Waals surface area contributed by atoms with Crippen molar-refractivity contribution >= 4 is 91.8 Å². The molecule has 2 amide bonds. The van der Waals surface area contributed by atoms with Gasteiger partial charge in [0, 0.05) is 55.3 Å². The van der Waals surface area contributed by atoms with Crippen molar-refractivity contribution in [3.8, 4) is 45.0 Å². The number of ether oxygens (including phenoxy) is 1. The number of nitrogens with two attached hydrogens (primary N) is 2. The van der Waals surface area contributed by atoms with Gasteiger partial charge in [0.15, 0.2) is 22.7 Å². The molecular weight excluding hydrogens is 1320 g/mol. The highest BCUT2D eigenvalue weighted by Gasteiger charge is 2.24. The summed E-state index contributed by atoms with van der Waals surface area (Å²) < 4.78 is 4.80. The SMILES string of the molecule is CC(C)(C)OC(=O)N[C@@H](CO)C(=O)O.C[C@@H](CO)C(=O)Cc1nc(-c2ccccc2)cs1.N[C@@H](CO)C(=O)Cc1nc(-c2ccccc2)cs1.Nc1nc(-c2ccccc2)cs1.O=C(N[C@@H](CO)C(=O)Cc1nc(-c2ccccc2)cs1)c1ccccc1.O=C(O)c1ccccc1. The average Bonchev–Trinajstić information content (AvgIpc) is 1.92. The van der Waals surface area contributed by atoms with E-state index in [-0.39, 0.29) is 55.2 Å². The molecule has 4 atom stereocenters. The van der Waals surface area contributed by atoms with Gasteiger partial charge in [-0.15, -0.1) is 45.3 Å². The normalized spacial score (nSPS) is 11.7. The maximum absolute atomic E-state index is 12.4. The van der Waals surface area contributed by atoms with Crippen LogP contribution in [0.4, 0.5) is 9.93 Å². The lowest BCUT2D eigenvalue weighted by molar-refractivity contribution is -0.140. The Balaban J connectivity index is 0.000000217. The molecule has 0 fully saturated rings. The minimum Gasteiger partial charge on any atom is -0.480 e. The number of carbonyl (C=O) groups excluding carboxylic acids is 5. The highest BCUT2D eigenvalue weighted by atomic mass is 32.1. The first-order valence-electron chi connectivity index (χ1n) is 29.9. The summed E-state index contributed by atoms with van der Waals surface area (Å²) >= 11 is 5.77. The zero-order valence-electron chi connectivity index (χ0n) is 53.4. The number of aliphatic hydroxyl groups is 4. The van der Waals surface area contributed by atoms with Crippen LogP contribution in [0.15, 0.2) is 204 Å². The van der Waals surface area contributed by atoms with Crippen LogP contribution < -0.4 is 22.1 Å². The second kappa shape index (κ2) is 41.2. The smallest absolute Gasteiger partial charge is 0.408 e. The lowest BCUT2D eigenvalue weighted by atomic mass is 10.1. The number of aromatic nitrogens is 4. The van der Waals surface area contributed by atoms with Gasteiger partial charge in [-0.2, -0.15) is 0 Å². The number of aliphatic carboxylic acids is 1. The Morgan fingerprint density at radius 2 is 0.804 bits per heavy atom. The molecule has 97 heavy (non-hydrogen) atoms. The Labute approximate surface area is 577 Å². The Morgan fingerprint density at radius 1 is 0.454 bits per heavy atom. The zero-order valence-corrected chi connectivity index (χ0v) is 56.7. The summed E-state index contributed by atoms with van der Waals surface area (Å²) in [6, 6.07) is 53.2. The van der Waals surface area contributed by atoms with E-state index in [9.17, 15) is 38.7 Å². The number of carbonyl (C=O) groups is 7. The van der Waals surface area contributed by atoms with Gasteiger partial charge in [-0.05, 0) is 45.0 Å². The third-order valence-corrected chi connectivity index (χ3v) is 16.2. The Hall–Kier alpha value is -9.87. The predicted octanol–water partition coefficient (Wildman–Crippen LogP) is 10.2. The number of nitrogens with one attached hydrogen (secondary N) is 2.